The molecule has 7 heteroatoms. The number of hydrogen-bond acceptors (Lipinski definition) is 3. The highest BCUT2D eigenvalue weighted by atomic mass is 19.1. The second-order valence-corrected chi connectivity index (χ2v) is 6.48. The smallest absolute Gasteiger partial charge is 0.272 e. The first kappa shape index (κ1) is 17.3. The SMILES string of the molecule is CCOc1cc2c(c3[nH]c(C(=O)Nc4ccc(F)cc4F)cc13)OC(C)C2. The van der Waals surface area contributed by atoms with Crippen molar-refractivity contribution < 1.29 is 23.0 Å². The highest BCUT2D eigenvalue weighted by Crippen LogP contribution is 2.41. The van der Waals surface area contributed by atoms with Gasteiger partial charge in [0.1, 0.15) is 34.9 Å². The number of fused-ring (bicyclic) bond motifs is 3. The van der Waals surface area contributed by atoms with E-state index in [2.05, 4.69) is 10.3 Å². The summed E-state index contributed by atoms with van der Waals surface area (Å²) in [6.45, 7) is 4.34. The van der Waals surface area contributed by atoms with Gasteiger partial charge in [-0.25, -0.2) is 8.78 Å². The third-order valence-electron chi connectivity index (χ3n) is 4.46. The summed E-state index contributed by atoms with van der Waals surface area (Å²) < 4.78 is 38.4. The summed E-state index contributed by atoms with van der Waals surface area (Å²) in [6.07, 6.45) is 0.793. The van der Waals surface area contributed by atoms with Gasteiger partial charge in [0.2, 0.25) is 0 Å². The fourth-order valence-corrected chi connectivity index (χ4v) is 3.31. The van der Waals surface area contributed by atoms with E-state index in [4.69, 9.17) is 9.47 Å². The number of ether oxygens (including phenoxy) is 2. The molecule has 2 heterocycles. The van der Waals surface area contributed by atoms with Gasteiger partial charge in [-0.05, 0) is 38.1 Å². The number of aromatic amines is 1. The predicted molar refractivity (Wildman–Crippen MR) is 97.6 cm³/mol. The summed E-state index contributed by atoms with van der Waals surface area (Å²) in [7, 11) is 0. The molecule has 5 nitrogen and oxygen atoms in total. The van der Waals surface area contributed by atoms with E-state index in [0.29, 0.717) is 23.6 Å². The van der Waals surface area contributed by atoms with E-state index >= 15 is 0 Å². The monoisotopic (exact) mass is 372 g/mol. The molecule has 1 atom stereocenters. The number of carbonyl (C=O) groups excluding carboxylic acids is 1. The second kappa shape index (κ2) is 6.57. The fraction of sp³-hybridized carbons (Fsp3) is 0.250. The first-order chi connectivity index (χ1) is 13.0. The van der Waals surface area contributed by atoms with Crippen LogP contribution in [0.5, 0.6) is 11.5 Å². The van der Waals surface area contributed by atoms with Crippen molar-refractivity contribution in [1.82, 2.24) is 4.98 Å². The zero-order valence-corrected chi connectivity index (χ0v) is 14.9. The molecule has 2 aromatic carbocycles. The van der Waals surface area contributed by atoms with E-state index in [9.17, 15) is 13.6 Å². The Bertz CT molecular complexity index is 1050. The van der Waals surface area contributed by atoms with Gasteiger partial charge >= 0.3 is 0 Å². The van der Waals surface area contributed by atoms with Gasteiger partial charge in [0, 0.05) is 23.4 Å². The van der Waals surface area contributed by atoms with Crippen molar-refractivity contribution in [2.75, 3.05) is 11.9 Å². The van der Waals surface area contributed by atoms with Gasteiger partial charge in [-0.3, -0.25) is 4.79 Å². The van der Waals surface area contributed by atoms with Crippen LogP contribution in [0.1, 0.15) is 29.9 Å². The first-order valence-corrected chi connectivity index (χ1v) is 8.70. The molecule has 4 rings (SSSR count). The Hall–Kier alpha value is -3.09. The van der Waals surface area contributed by atoms with Crippen molar-refractivity contribution in [3.05, 3.63) is 53.2 Å². The van der Waals surface area contributed by atoms with Crippen molar-refractivity contribution in [1.29, 1.82) is 0 Å². The molecule has 1 aliphatic rings. The molecule has 2 N–H and O–H groups in total. The van der Waals surface area contributed by atoms with Gasteiger partial charge in [0.25, 0.3) is 5.91 Å². The summed E-state index contributed by atoms with van der Waals surface area (Å²) in [5.41, 5.74) is 1.81. The van der Waals surface area contributed by atoms with Gasteiger partial charge < -0.3 is 19.8 Å². The van der Waals surface area contributed by atoms with E-state index in [1.165, 1.54) is 6.07 Å². The van der Waals surface area contributed by atoms with Crippen LogP contribution in [0, 0.1) is 11.6 Å². The van der Waals surface area contributed by atoms with E-state index < -0.39 is 17.5 Å². The Balaban J connectivity index is 1.73. The molecule has 0 fully saturated rings. The minimum absolute atomic E-state index is 0.0361. The highest BCUT2D eigenvalue weighted by molar-refractivity contribution is 6.07. The van der Waals surface area contributed by atoms with Crippen molar-refractivity contribution in [3.8, 4) is 11.5 Å². The Labute approximate surface area is 154 Å². The van der Waals surface area contributed by atoms with Crippen molar-refractivity contribution in [3.63, 3.8) is 0 Å². The maximum Gasteiger partial charge on any atom is 0.272 e. The molecule has 0 spiro atoms. The lowest BCUT2D eigenvalue weighted by Crippen LogP contribution is -2.13. The number of hydrogen-bond donors (Lipinski definition) is 2. The summed E-state index contributed by atoms with van der Waals surface area (Å²) in [5, 5.41) is 3.17. The largest absolute Gasteiger partial charge is 0.493 e. The van der Waals surface area contributed by atoms with Crippen LogP contribution in [0.4, 0.5) is 14.5 Å². The molecule has 1 aromatic heterocycles. The average molecular weight is 372 g/mol. The Kier molecular flexibility index (Phi) is 4.22. The van der Waals surface area contributed by atoms with Gasteiger partial charge in [-0.1, -0.05) is 0 Å². The van der Waals surface area contributed by atoms with Crippen LogP contribution in [-0.2, 0) is 6.42 Å². The zero-order valence-electron chi connectivity index (χ0n) is 14.9. The number of aromatic nitrogens is 1. The summed E-state index contributed by atoms with van der Waals surface area (Å²) in [4.78, 5) is 15.6. The Morgan fingerprint density at radius 1 is 1.33 bits per heavy atom. The van der Waals surface area contributed by atoms with Gasteiger partial charge in [0.15, 0.2) is 0 Å². The summed E-state index contributed by atoms with van der Waals surface area (Å²) in [5.74, 6) is -0.731. The lowest BCUT2D eigenvalue weighted by Gasteiger charge is -2.08. The van der Waals surface area contributed by atoms with E-state index in [0.717, 1.165) is 29.5 Å². The standard InChI is InChI=1S/C20H18F2N2O3/c1-3-26-17-7-11-6-10(2)27-19(11)18-13(17)9-16(23-18)20(25)24-15-5-4-12(21)8-14(15)22/h4-5,7-10,23H,3,6H2,1-2H3,(H,24,25). The minimum Gasteiger partial charge on any atom is -0.493 e. The van der Waals surface area contributed by atoms with Crippen LogP contribution < -0.4 is 14.8 Å². The summed E-state index contributed by atoms with van der Waals surface area (Å²) >= 11 is 0. The van der Waals surface area contributed by atoms with Gasteiger partial charge in [-0.2, -0.15) is 0 Å². The third kappa shape index (κ3) is 3.09. The molecule has 0 aliphatic carbocycles. The number of rotatable bonds is 4. The molecule has 3 aromatic rings. The van der Waals surface area contributed by atoms with Crippen molar-refractivity contribution in [2.45, 2.75) is 26.4 Å². The van der Waals surface area contributed by atoms with E-state index in [1.54, 1.807) is 6.07 Å². The highest BCUT2D eigenvalue weighted by Gasteiger charge is 2.26. The molecule has 0 radical (unpaired) electrons. The fourth-order valence-electron chi connectivity index (χ4n) is 3.31. The maximum atomic E-state index is 13.8. The number of nitrogens with one attached hydrogen (secondary N) is 2. The molecule has 0 saturated carbocycles. The Morgan fingerprint density at radius 3 is 2.89 bits per heavy atom. The number of amides is 1. The van der Waals surface area contributed by atoms with Crippen molar-refractivity contribution >= 4 is 22.5 Å². The van der Waals surface area contributed by atoms with Crippen LogP contribution in [-0.4, -0.2) is 23.6 Å². The topological polar surface area (TPSA) is 63.4 Å². The molecular formula is C20H18F2N2O3. The first-order valence-electron chi connectivity index (χ1n) is 8.70. The van der Waals surface area contributed by atoms with E-state index in [-0.39, 0.29) is 17.5 Å². The lowest BCUT2D eigenvalue weighted by molar-refractivity contribution is 0.102. The van der Waals surface area contributed by atoms with Gasteiger partial charge in [0.05, 0.1) is 17.8 Å². The van der Waals surface area contributed by atoms with Crippen LogP contribution in [0.3, 0.4) is 0 Å². The van der Waals surface area contributed by atoms with Crippen molar-refractivity contribution in [2.24, 2.45) is 0 Å². The molecule has 0 saturated heterocycles. The predicted octanol–water partition coefficient (Wildman–Crippen LogP) is 4.42. The molecule has 1 aliphatic heterocycles. The normalized spacial score (nSPS) is 15.5. The molecule has 1 amide bonds. The van der Waals surface area contributed by atoms with Gasteiger partial charge in [-0.15, -0.1) is 0 Å². The minimum atomic E-state index is -0.840. The maximum absolute atomic E-state index is 13.8. The lowest BCUT2D eigenvalue weighted by atomic mass is 10.1. The second-order valence-electron chi connectivity index (χ2n) is 6.48. The molecule has 27 heavy (non-hydrogen) atoms. The molecule has 1 unspecified atom stereocenters. The quantitative estimate of drug-likeness (QED) is 0.713. The number of anilines is 1. The Morgan fingerprint density at radius 2 is 2.15 bits per heavy atom. The molecular weight excluding hydrogens is 354 g/mol. The molecule has 0 bridgehead atoms. The summed E-state index contributed by atoms with van der Waals surface area (Å²) in [6, 6.07) is 6.55. The number of benzene rings is 2. The third-order valence-corrected chi connectivity index (χ3v) is 4.46. The van der Waals surface area contributed by atoms with Crippen LogP contribution in [0.2, 0.25) is 0 Å². The van der Waals surface area contributed by atoms with Crippen LogP contribution >= 0.6 is 0 Å². The van der Waals surface area contributed by atoms with Crippen LogP contribution in [0.25, 0.3) is 10.9 Å². The number of halogens is 2. The number of carbonyl (C=O) groups is 1. The van der Waals surface area contributed by atoms with E-state index in [1.807, 2.05) is 19.9 Å². The molecule has 140 valence electrons. The average Bonchev–Trinajstić information content (AvgIpc) is 3.21. The number of H-pyrrole nitrogens is 1. The zero-order chi connectivity index (χ0) is 19.1. The van der Waals surface area contributed by atoms with Crippen LogP contribution in [0.15, 0.2) is 30.3 Å².